The number of halogens is 4. The first-order valence-corrected chi connectivity index (χ1v) is 26.7. The molecular weight excluding hydrogens is 1190 g/mol. The number of carbonyl (C=O) groups excluding carboxylic acids is 2. The van der Waals surface area contributed by atoms with Crippen molar-refractivity contribution in [2.45, 2.75) is 30.0 Å². The summed E-state index contributed by atoms with van der Waals surface area (Å²) in [5.74, 6) is -1.61. The predicted molar refractivity (Wildman–Crippen MR) is 262 cm³/mol. The molecule has 6 heterocycles. The van der Waals surface area contributed by atoms with E-state index in [2.05, 4.69) is 75.5 Å². The summed E-state index contributed by atoms with van der Waals surface area (Å²) in [5.41, 5.74) is 4.13. The van der Waals surface area contributed by atoms with Crippen LogP contribution in [0.4, 0.5) is 8.78 Å². The van der Waals surface area contributed by atoms with Crippen molar-refractivity contribution in [2.75, 3.05) is 12.5 Å². The minimum absolute atomic E-state index is 0. The molecule has 0 unspecified atom stereocenters. The van der Waals surface area contributed by atoms with Crippen LogP contribution >= 0.6 is 36.3 Å². The Kier molecular flexibility index (Phi) is 22.1. The van der Waals surface area contributed by atoms with Gasteiger partial charge in [-0.25, -0.2) is 36.5 Å². The van der Waals surface area contributed by atoms with Crippen molar-refractivity contribution in [3.8, 4) is 23.5 Å². The number of rotatable bonds is 11. The Morgan fingerprint density at radius 2 is 1.13 bits per heavy atom. The molecule has 358 valence electrons. The zero-order valence-electron chi connectivity index (χ0n) is 36.7. The molecule has 8 rings (SSSR count). The number of hydrogen-bond donors (Lipinski definition) is 2. The van der Waals surface area contributed by atoms with E-state index < -0.39 is 38.5 Å². The molecule has 18 nitrogen and oxygen atoms in total. The van der Waals surface area contributed by atoms with E-state index in [4.69, 9.17) is 8.42 Å². The van der Waals surface area contributed by atoms with E-state index in [9.17, 15) is 37.3 Å². The number of nitrogens with one attached hydrogen (secondary N) is 2. The Morgan fingerprint density at radius 3 is 1.51 bits per heavy atom. The van der Waals surface area contributed by atoms with Gasteiger partial charge >= 0.3 is 33.1 Å². The van der Waals surface area contributed by atoms with Crippen LogP contribution < -0.4 is 10.6 Å². The maximum absolute atomic E-state index is 13.3. The summed E-state index contributed by atoms with van der Waals surface area (Å²) in [5, 5.41) is 33.7. The second kappa shape index (κ2) is 27.1. The Hall–Kier alpha value is -5.61. The van der Waals surface area contributed by atoms with Gasteiger partial charge in [-0.3, -0.25) is 19.6 Å². The molecule has 0 saturated carbocycles. The topological polar surface area (TPSA) is 261 Å². The van der Waals surface area contributed by atoms with Gasteiger partial charge < -0.3 is 19.1 Å². The molecule has 2 atom stereocenters. The summed E-state index contributed by atoms with van der Waals surface area (Å²) in [6.45, 7) is 0. The number of nitriles is 2. The number of aromatic nitrogens is 8. The maximum Gasteiger partial charge on any atom is 0 e. The first-order valence-electron chi connectivity index (χ1n) is 19.5. The van der Waals surface area contributed by atoms with Crippen molar-refractivity contribution in [1.29, 1.82) is 10.5 Å². The number of fused-ring (bicyclic) bond motifs is 2. The normalized spacial score (nSPS) is 11.4. The SMILES string of the molecule is CS(=O)(=O)c1cc([C@H](CC#N)NC(=O)c2cncc3c2cnn3-c2ccc(F)cc2)ccn1.C[S-](=O)=O.N#CC[C@H](NC(=O)c1cncc2c1cnn2-c1ccc(F)cc1)c1ccnc(Br)c1.[Cu+][I].[Na]. The first-order chi connectivity index (χ1) is 33.1. The fourth-order valence-electron chi connectivity index (χ4n) is 6.46. The van der Waals surface area contributed by atoms with Crippen molar-refractivity contribution >= 4 is 120 Å². The van der Waals surface area contributed by atoms with E-state index in [0.717, 1.165) is 18.1 Å². The molecule has 0 fully saturated rings. The van der Waals surface area contributed by atoms with Crippen LogP contribution in [0.2, 0.25) is 0 Å². The molecule has 6 aromatic heterocycles. The van der Waals surface area contributed by atoms with E-state index >= 15 is 0 Å². The monoisotopic (exact) mass is 1220 g/mol. The van der Waals surface area contributed by atoms with Crippen LogP contribution in [-0.4, -0.2) is 102 Å². The zero-order chi connectivity index (χ0) is 50.3. The van der Waals surface area contributed by atoms with E-state index in [1.54, 1.807) is 86.1 Å². The molecular formula is C44H34BrCuF2IN12NaO6S2. The summed E-state index contributed by atoms with van der Waals surface area (Å²) in [4.78, 5) is 42.3. The van der Waals surface area contributed by atoms with Crippen LogP contribution in [0.1, 0.15) is 56.8 Å². The van der Waals surface area contributed by atoms with Gasteiger partial charge in [0.1, 0.15) is 16.2 Å². The van der Waals surface area contributed by atoms with Crippen LogP contribution in [-0.2, 0) is 41.7 Å². The van der Waals surface area contributed by atoms with Gasteiger partial charge in [0.15, 0.2) is 14.9 Å². The van der Waals surface area contributed by atoms with Crippen LogP contribution in [0.25, 0.3) is 33.2 Å². The third-order valence-corrected chi connectivity index (χ3v) is 10.9. The fourth-order valence-corrected chi connectivity index (χ4v) is 7.44. The van der Waals surface area contributed by atoms with Gasteiger partial charge in [-0.2, -0.15) is 20.7 Å². The molecule has 0 aliphatic heterocycles. The van der Waals surface area contributed by atoms with Crippen molar-refractivity contribution in [1.82, 2.24) is 50.1 Å². The molecule has 2 amide bonds. The second-order valence-electron chi connectivity index (χ2n) is 14.1. The number of benzene rings is 2. The Bertz CT molecular complexity index is 3390. The van der Waals surface area contributed by atoms with Crippen molar-refractivity contribution in [3.05, 3.63) is 161 Å². The largest absolute Gasteiger partial charge is 0 e. The number of pyridine rings is 4. The fraction of sp³-hybridized carbons (Fsp3) is 0.136. The predicted octanol–water partition coefficient (Wildman–Crippen LogP) is 7.27. The van der Waals surface area contributed by atoms with Crippen molar-refractivity contribution < 1.29 is 48.0 Å². The van der Waals surface area contributed by atoms with Gasteiger partial charge in [0, 0.05) is 71.4 Å². The summed E-state index contributed by atoms with van der Waals surface area (Å²) in [6.07, 6.45) is 14.1. The van der Waals surface area contributed by atoms with E-state index in [-0.39, 0.29) is 70.5 Å². The molecule has 2 aromatic carbocycles. The maximum atomic E-state index is 13.3. The van der Waals surface area contributed by atoms with Crippen LogP contribution in [0.3, 0.4) is 0 Å². The molecule has 0 spiro atoms. The smallest absolute Gasteiger partial charge is 0 e. The van der Waals surface area contributed by atoms with E-state index in [0.29, 0.717) is 48.9 Å². The average Bonchev–Trinajstić information content (AvgIpc) is 3.98. The summed E-state index contributed by atoms with van der Waals surface area (Å²) < 4.78 is 71.9. The van der Waals surface area contributed by atoms with Gasteiger partial charge in [-0.15, -0.1) is 0 Å². The minimum Gasteiger partial charge on any atom is 0 e. The third kappa shape index (κ3) is 15.2. The van der Waals surface area contributed by atoms with Gasteiger partial charge in [0.05, 0.1) is 95.4 Å². The number of amides is 2. The number of hydrogen-bond acceptors (Lipinski definition) is 15. The van der Waals surface area contributed by atoms with Gasteiger partial charge in [-0.05, 0) is 99.9 Å². The second-order valence-corrected chi connectivity index (χ2v) is 17.7. The molecule has 0 bridgehead atoms. The number of sulfone groups is 1. The summed E-state index contributed by atoms with van der Waals surface area (Å²) >= 11 is 9.17. The van der Waals surface area contributed by atoms with E-state index in [1.807, 2.05) is 6.07 Å². The van der Waals surface area contributed by atoms with Crippen LogP contribution in [0.15, 0.2) is 132 Å². The quantitative estimate of drug-likeness (QED) is 0.0559. The molecule has 0 aliphatic rings. The van der Waals surface area contributed by atoms with Crippen LogP contribution in [0, 0.1) is 34.3 Å². The first kappa shape index (κ1) is 57.0. The molecule has 2 N–H and O–H groups in total. The number of nitrogens with zero attached hydrogens (tertiary/aromatic N) is 10. The van der Waals surface area contributed by atoms with Crippen molar-refractivity contribution in [2.24, 2.45) is 0 Å². The Balaban J connectivity index is 0.000000271. The Labute approximate surface area is 451 Å². The van der Waals surface area contributed by atoms with Gasteiger partial charge in [0.25, 0.3) is 11.8 Å². The molecule has 0 aliphatic carbocycles. The number of carbonyl (C=O) groups is 2. The van der Waals surface area contributed by atoms with E-state index in [1.165, 1.54) is 66.0 Å². The molecule has 1 radical (unpaired) electrons. The van der Waals surface area contributed by atoms with Crippen molar-refractivity contribution in [3.63, 3.8) is 0 Å². The summed E-state index contributed by atoms with van der Waals surface area (Å²) in [6, 6.07) is 20.8. The average molecular weight is 1220 g/mol. The summed E-state index contributed by atoms with van der Waals surface area (Å²) in [7, 11) is -5.42. The van der Waals surface area contributed by atoms with Gasteiger partial charge in [-0.1, -0.05) is 17.0 Å². The van der Waals surface area contributed by atoms with Crippen LogP contribution in [0.5, 0.6) is 0 Å². The molecule has 26 heteroatoms. The standard InChI is InChI=1S/C22H17FN6O3S.C21H14BrFN6O.CH3O2S.Cu.HI.Na/c1-33(31,32)21-10-14(7-9-26-21)19(6-8-24)28-22(30)18-11-25-13-20-17(18)12-27-29(20)16-4-2-15(23)3-5-16;22-20-9-13(6-8-26-20)18(5-7-24)28-21(30)17-10-25-12-19-16(17)11-27-29(19)15-3-1-14(23)2-4-15;1-4(2)3;;;/h2-5,7,9-13,19H,6H2,1H3,(H,28,30);1-4,6,8-12,18H,5H2,(H,28,30);1H3;;1H;/q;;-1;+2;;/p-1/t19-;18-;;;;/m00..../s1. The molecule has 8 aromatic rings. The Morgan fingerprint density at radius 1 is 0.729 bits per heavy atom. The third-order valence-electron chi connectivity index (χ3n) is 9.52. The zero-order valence-corrected chi connectivity index (χ0v) is 45.0. The van der Waals surface area contributed by atoms with Gasteiger partial charge in [0.2, 0.25) is 0 Å². The minimum atomic E-state index is -3.56. The molecule has 0 saturated heterocycles. The molecule has 70 heavy (non-hydrogen) atoms.